The Morgan fingerprint density at radius 2 is 1.70 bits per heavy atom. The number of carbonyl (C=O) groups is 1. The van der Waals surface area contributed by atoms with Crippen molar-refractivity contribution < 1.29 is 26.4 Å². The van der Waals surface area contributed by atoms with Crippen molar-refractivity contribution in [1.82, 2.24) is 4.90 Å². The van der Waals surface area contributed by atoms with Crippen LogP contribution in [0.25, 0.3) is 11.1 Å². The summed E-state index contributed by atoms with van der Waals surface area (Å²) in [5, 5.41) is 4.91. The number of benzene rings is 2. The number of hydrogen-bond donors (Lipinski definition) is 1. The van der Waals surface area contributed by atoms with E-state index in [1.807, 2.05) is 6.07 Å². The van der Waals surface area contributed by atoms with Gasteiger partial charge in [0.2, 0.25) is 15.9 Å². The van der Waals surface area contributed by atoms with Crippen LogP contribution in [0.5, 0.6) is 0 Å². The molecule has 2 aromatic carbocycles. The third kappa shape index (κ3) is 3.98. The molecule has 2 aromatic rings. The molecule has 3 rings (SSSR count). The van der Waals surface area contributed by atoms with Gasteiger partial charge in [0.1, 0.15) is 0 Å². The van der Waals surface area contributed by atoms with Crippen LogP contribution in [0.15, 0.2) is 41.3 Å². The second-order valence-electron chi connectivity index (χ2n) is 6.43. The minimum Gasteiger partial charge on any atom is -0.338 e. The molecule has 1 aliphatic heterocycles. The Morgan fingerprint density at radius 1 is 1.07 bits per heavy atom. The summed E-state index contributed by atoms with van der Waals surface area (Å²) in [5.41, 5.74) is 1.32. The van der Waals surface area contributed by atoms with E-state index in [1.165, 1.54) is 13.0 Å². The van der Waals surface area contributed by atoms with Crippen molar-refractivity contribution in [2.75, 3.05) is 6.54 Å². The number of primary sulfonamides is 1. The van der Waals surface area contributed by atoms with E-state index in [0.29, 0.717) is 25.1 Å². The van der Waals surface area contributed by atoms with Crippen LogP contribution in [0.4, 0.5) is 13.2 Å². The molecule has 27 heavy (non-hydrogen) atoms. The SMILES string of the molecule is CC(=O)N1CCc2ccc(-c3ccc(S(N)(=O)=O)c(C(F)(F)F)c3)cc2C1. The van der Waals surface area contributed by atoms with Crippen LogP contribution in [0, 0.1) is 0 Å². The largest absolute Gasteiger partial charge is 0.417 e. The van der Waals surface area contributed by atoms with Crippen LogP contribution < -0.4 is 5.14 Å². The van der Waals surface area contributed by atoms with Crippen LogP contribution >= 0.6 is 0 Å². The van der Waals surface area contributed by atoms with Gasteiger partial charge < -0.3 is 4.90 Å². The van der Waals surface area contributed by atoms with Crippen molar-refractivity contribution in [3.05, 3.63) is 53.1 Å². The van der Waals surface area contributed by atoms with Gasteiger partial charge in [-0.25, -0.2) is 13.6 Å². The molecule has 1 amide bonds. The fraction of sp³-hybridized carbons (Fsp3) is 0.278. The van der Waals surface area contributed by atoms with E-state index in [1.54, 1.807) is 17.0 Å². The molecule has 0 fully saturated rings. The molecule has 5 nitrogen and oxygen atoms in total. The second-order valence-corrected chi connectivity index (χ2v) is 7.96. The highest BCUT2D eigenvalue weighted by atomic mass is 32.2. The molecule has 0 aliphatic carbocycles. The van der Waals surface area contributed by atoms with E-state index in [9.17, 15) is 26.4 Å². The maximum Gasteiger partial charge on any atom is 0.417 e. The van der Waals surface area contributed by atoms with Gasteiger partial charge in [-0.3, -0.25) is 4.79 Å². The van der Waals surface area contributed by atoms with Gasteiger partial charge in [-0.1, -0.05) is 18.2 Å². The molecule has 0 unspecified atom stereocenters. The average molecular weight is 398 g/mol. The summed E-state index contributed by atoms with van der Waals surface area (Å²) in [6.07, 6.45) is -4.19. The van der Waals surface area contributed by atoms with E-state index in [-0.39, 0.29) is 11.5 Å². The van der Waals surface area contributed by atoms with E-state index >= 15 is 0 Å². The van der Waals surface area contributed by atoms with Crippen LogP contribution in [0.2, 0.25) is 0 Å². The van der Waals surface area contributed by atoms with Crippen LogP contribution in [-0.2, 0) is 34.0 Å². The zero-order valence-electron chi connectivity index (χ0n) is 14.4. The van der Waals surface area contributed by atoms with Gasteiger partial charge in [0, 0.05) is 20.0 Å². The molecule has 1 heterocycles. The summed E-state index contributed by atoms with van der Waals surface area (Å²) in [4.78, 5) is 12.3. The van der Waals surface area contributed by atoms with Crippen LogP contribution in [0.3, 0.4) is 0 Å². The number of halogens is 3. The van der Waals surface area contributed by atoms with Crippen molar-refractivity contribution >= 4 is 15.9 Å². The number of hydrogen-bond acceptors (Lipinski definition) is 3. The van der Waals surface area contributed by atoms with Crippen LogP contribution in [-0.4, -0.2) is 25.8 Å². The molecule has 0 bridgehead atoms. The summed E-state index contributed by atoms with van der Waals surface area (Å²) in [5.74, 6) is -0.0667. The van der Waals surface area contributed by atoms with Crippen LogP contribution in [0.1, 0.15) is 23.6 Å². The Hall–Kier alpha value is -2.39. The predicted octanol–water partition coefficient (Wildman–Crippen LogP) is 2.92. The van der Waals surface area contributed by atoms with Gasteiger partial charge in [-0.2, -0.15) is 13.2 Å². The Labute approximate surface area is 154 Å². The number of carbonyl (C=O) groups excluding carboxylic acids is 1. The van der Waals surface area contributed by atoms with Crippen molar-refractivity contribution in [1.29, 1.82) is 0 Å². The lowest BCUT2D eigenvalue weighted by Crippen LogP contribution is -2.34. The molecule has 0 spiro atoms. The molecule has 2 N–H and O–H groups in total. The minimum atomic E-state index is -4.86. The number of nitrogens with zero attached hydrogens (tertiary/aromatic N) is 1. The lowest BCUT2D eigenvalue weighted by atomic mass is 9.94. The first kappa shape index (κ1) is 19.4. The van der Waals surface area contributed by atoms with Crippen molar-refractivity contribution in [2.24, 2.45) is 5.14 Å². The molecule has 0 saturated heterocycles. The third-order valence-electron chi connectivity index (χ3n) is 4.59. The zero-order valence-corrected chi connectivity index (χ0v) is 15.2. The molecular weight excluding hydrogens is 381 g/mol. The van der Waals surface area contributed by atoms with Gasteiger partial charge in [0.25, 0.3) is 0 Å². The first-order chi connectivity index (χ1) is 12.5. The van der Waals surface area contributed by atoms with Gasteiger partial charge >= 0.3 is 6.18 Å². The summed E-state index contributed by atoms with van der Waals surface area (Å²) < 4.78 is 62.9. The lowest BCUT2D eigenvalue weighted by molar-refractivity contribution is -0.139. The number of amides is 1. The smallest absolute Gasteiger partial charge is 0.338 e. The average Bonchev–Trinajstić information content (AvgIpc) is 2.58. The highest BCUT2D eigenvalue weighted by Gasteiger charge is 2.36. The van der Waals surface area contributed by atoms with E-state index in [2.05, 4.69) is 0 Å². The number of alkyl halides is 3. The maximum absolute atomic E-state index is 13.3. The molecule has 144 valence electrons. The minimum absolute atomic E-state index is 0.0667. The van der Waals surface area contributed by atoms with Crippen molar-refractivity contribution in [3.8, 4) is 11.1 Å². The highest BCUT2D eigenvalue weighted by molar-refractivity contribution is 7.89. The maximum atomic E-state index is 13.3. The first-order valence-corrected chi connectivity index (χ1v) is 9.63. The number of fused-ring (bicyclic) bond motifs is 1. The first-order valence-electron chi connectivity index (χ1n) is 8.08. The third-order valence-corrected chi connectivity index (χ3v) is 5.56. The monoisotopic (exact) mass is 398 g/mol. The second kappa shape index (κ2) is 6.65. The Kier molecular flexibility index (Phi) is 4.77. The molecule has 0 radical (unpaired) electrons. The Morgan fingerprint density at radius 3 is 2.30 bits per heavy atom. The fourth-order valence-electron chi connectivity index (χ4n) is 3.18. The van der Waals surface area contributed by atoms with Crippen molar-refractivity contribution in [2.45, 2.75) is 31.0 Å². The quantitative estimate of drug-likeness (QED) is 0.845. The van der Waals surface area contributed by atoms with E-state index in [0.717, 1.165) is 23.3 Å². The van der Waals surface area contributed by atoms with Gasteiger partial charge in [-0.05, 0) is 46.9 Å². The molecular formula is C18H17F3N2O3S. The molecule has 9 heteroatoms. The predicted molar refractivity (Wildman–Crippen MR) is 93.0 cm³/mol. The highest BCUT2D eigenvalue weighted by Crippen LogP contribution is 2.37. The Balaban J connectivity index is 2.08. The summed E-state index contributed by atoms with van der Waals surface area (Å²) in [6.45, 7) is 2.46. The normalized spacial score (nSPS) is 14.8. The summed E-state index contributed by atoms with van der Waals surface area (Å²) in [6, 6.07) is 8.19. The van der Waals surface area contributed by atoms with Gasteiger partial charge in [0.05, 0.1) is 10.5 Å². The standard InChI is InChI=1S/C18H17F3N2O3S/c1-11(24)23-7-6-12-2-3-13(8-15(12)10-23)14-4-5-17(27(22,25)26)16(9-14)18(19,20)21/h2-5,8-9H,6-7,10H2,1H3,(H2,22,25,26). The van der Waals surface area contributed by atoms with Gasteiger partial charge in [-0.15, -0.1) is 0 Å². The lowest BCUT2D eigenvalue weighted by Gasteiger charge is -2.28. The van der Waals surface area contributed by atoms with E-state index in [4.69, 9.17) is 5.14 Å². The topological polar surface area (TPSA) is 80.5 Å². The van der Waals surface area contributed by atoms with Crippen molar-refractivity contribution in [3.63, 3.8) is 0 Å². The van der Waals surface area contributed by atoms with E-state index < -0.39 is 26.7 Å². The summed E-state index contributed by atoms with van der Waals surface area (Å²) in [7, 11) is -4.51. The molecule has 0 atom stereocenters. The number of nitrogens with two attached hydrogens (primary N) is 1. The molecule has 1 aliphatic rings. The summed E-state index contributed by atoms with van der Waals surface area (Å²) >= 11 is 0. The molecule has 0 aromatic heterocycles. The number of sulfonamides is 1. The number of rotatable bonds is 2. The Bertz CT molecular complexity index is 1020. The van der Waals surface area contributed by atoms with Gasteiger partial charge in [0.15, 0.2) is 0 Å². The zero-order chi connectivity index (χ0) is 20.0. The molecule has 0 saturated carbocycles. The fourth-order valence-corrected chi connectivity index (χ4v) is 3.92.